The first kappa shape index (κ1) is 18.1. The maximum atomic E-state index is 11.9. The van der Waals surface area contributed by atoms with E-state index in [1.54, 1.807) is 36.0 Å². The van der Waals surface area contributed by atoms with Crippen molar-refractivity contribution in [2.75, 3.05) is 12.4 Å². The maximum absolute atomic E-state index is 11.9. The van der Waals surface area contributed by atoms with Gasteiger partial charge in [-0.2, -0.15) is 19.6 Å². The Morgan fingerprint density at radius 2 is 2.00 bits per heavy atom. The van der Waals surface area contributed by atoms with E-state index in [9.17, 15) is 9.59 Å². The number of nitrogens with one attached hydrogen (secondary N) is 2. The smallest absolute Gasteiger partial charge is 0.327 e. The van der Waals surface area contributed by atoms with E-state index in [2.05, 4.69) is 25.7 Å². The number of amides is 2. The van der Waals surface area contributed by atoms with Gasteiger partial charge in [0.1, 0.15) is 0 Å². The number of carbonyl (C=O) groups excluding carboxylic acids is 2. The first-order valence-corrected chi connectivity index (χ1v) is 9.48. The molecule has 2 fully saturated rings. The van der Waals surface area contributed by atoms with Crippen molar-refractivity contribution in [1.82, 2.24) is 24.9 Å². The number of carbonyl (C=O) groups is 2. The molecule has 0 atom stereocenters. The number of benzene rings is 1. The Balaban J connectivity index is 1.58. The monoisotopic (exact) mass is 406 g/mol. The summed E-state index contributed by atoms with van der Waals surface area (Å²) in [7, 11) is 1.56. The van der Waals surface area contributed by atoms with Crippen molar-refractivity contribution in [2.45, 2.75) is 25.3 Å². The number of imide groups is 1. The second-order valence-corrected chi connectivity index (χ2v) is 7.06. The van der Waals surface area contributed by atoms with Crippen LogP contribution >= 0.6 is 0 Å². The predicted molar refractivity (Wildman–Crippen MR) is 106 cm³/mol. The Hall–Kier alpha value is -3.95. The molecule has 152 valence electrons. The summed E-state index contributed by atoms with van der Waals surface area (Å²) in [5.74, 6) is 0.782. The van der Waals surface area contributed by atoms with Crippen LogP contribution in [-0.2, 0) is 9.59 Å². The third-order valence-corrected chi connectivity index (χ3v) is 4.78. The van der Waals surface area contributed by atoms with Crippen molar-refractivity contribution < 1.29 is 19.1 Å². The molecule has 1 aliphatic carbocycles. The molecule has 3 aromatic rings. The van der Waals surface area contributed by atoms with Crippen molar-refractivity contribution in [1.29, 1.82) is 0 Å². The average molecular weight is 406 g/mol. The molecule has 0 radical (unpaired) electrons. The predicted octanol–water partition coefficient (Wildman–Crippen LogP) is 1.93. The molecule has 1 saturated carbocycles. The molecule has 0 spiro atoms. The van der Waals surface area contributed by atoms with Gasteiger partial charge in [0.2, 0.25) is 11.9 Å². The highest BCUT2D eigenvalue weighted by atomic mass is 16.5. The van der Waals surface area contributed by atoms with E-state index >= 15 is 0 Å². The fourth-order valence-electron chi connectivity index (χ4n) is 3.14. The van der Waals surface area contributed by atoms with E-state index in [1.807, 2.05) is 12.1 Å². The molecule has 1 saturated heterocycles. The number of rotatable bonds is 6. The first-order valence-electron chi connectivity index (χ1n) is 9.48. The summed E-state index contributed by atoms with van der Waals surface area (Å²) in [6.07, 6.45) is 5.32. The van der Waals surface area contributed by atoms with Crippen molar-refractivity contribution in [2.24, 2.45) is 0 Å². The molecule has 10 nitrogen and oxygen atoms in total. The Morgan fingerprint density at radius 1 is 1.20 bits per heavy atom. The van der Waals surface area contributed by atoms with E-state index in [4.69, 9.17) is 9.47 Å². The van der Waals surface area contributed by atoms with Gasteiger partial charge in [0.25, 0.3) is 5.91 Å². The first-order chi connectivity index (χ1) is 14.6. The van der Waals surface area contributed by atoms with Gasteiger partial charge in [-0.25, -0.2) is 0 Å². The zero-order valence-electron chi connectivity index (χ0n) is 16.1. The van der Waals surface area contributed by atoms with Gasteiger partial charge in [0.05, 0.1) is 19.7 Å². The molecule has 2 N–H and O–H groups in total. The van der Waals surface area contributed by atoms with Crippen LogP contribution in [0.15, 0.2) is 36.0 Å². The maximum Gasteiger partial charge on any atom is 0.327 e. The van der Waals surface area contributed by atoms with E-state index < -0.39 is 5.91 Å². The standard InChI is InChI=1S/C20H18N6O4/c1-29-14-4-2-3-5-15(14)30-20-24-17-12(8-11-9-16(27)23-18(11)28)10-21-26(17)19(25-20)22-13-6-7-13/h2-5,8,10,13H,6-7,9H2,1H3,(H,22,24,25)(H,23,27,28)/b11-8+. The summed E-state index contributed by atoms with van der Waals surface area (Å²) < 4.78 is 12.8. The molecular formula is C20H18N6O4. The average Bonchev–Trinajstić information content (AvgIpc) is 3.37. The van der Waals surface area contributed by atoms with Gasteiger partial charge in [-0.3, -0.25) is 14.9 Å². The molecular weight excluding hydrogens is 388 g/mol. The summed E-state index contributed by atoms with van der Waals surface area (Å²) in [4.78, 5) is 32.4. The Morgan fingerprint density at radius 3 is 2.70 bits per heavy atom. The fraction of sp³-hybridized carbons (Fsp3) is 0.250. The lowest BCUT2D eigenvalue weighted by atomic mass is 10.1. The second-order valence-electron chi connectivity index (χ2n) is 7.06. The molecule has 0 unspecified atom stereocenters. The van der Waals surface area contributed by atoms with Gasteiger partial charge in [-0.05, 0) is 31.1 Å². The van der Waals surface area contributed by atoms with Crippen LogP contribution in [-0.4, -0.2) is 44.5 Å². The van der Waals surface area contributed by atoms with E-state index in [1.165, 1.54) is 0 Å². The van der Waals surface area contributed by atoms with Gasteiger partial charge in [0, 0.05) is 17.2 Å². The van der Waals surface area contributed by atoms with Crippen LogP contribution < -0.4 is 20.1 Å². The van der Waals surface area contributed by atoms with E-state index in [0.29, 0.717) is 40.3 Å². The summed E-state index contributed by atoms with van der Waals surface area (Å²) in [6.45, 7) is 0. The summed E-state index contributed by atoms with van der Waals surface area (Å²) >= 11 is 0. The molecule has 3 heterocycles. The number of anilines is 1. The van der Waals surface area contributed by atoms with Crippen molar-refractivity contribution in [3.05, 3.63) is 41.6 Å². The van der Waals surface area contributed by atoms with Gasteiger partial charge in [-0.1, -0.05) is 12.1 Å². The minimum Gasteiger partial charge on any atom is -0.493 e. The van der Waals surface area contributed by atoms with Crippen molar-refractivity contribution in [3.63, 3.8) is 0 Å². The quantitative estimate of drug-likeness (QED) is 0.471. The number of hydrogen-bond donors (Lipinski definition) is 2. The van der Waals surface area contributed by atoms with Crippen LogP contribution in [0.1, 0.15) is 24.8 Å². The fourth-order valence-corrected chi connectivity index (χ4v) is 3.14. The summed E-state index contributed by atoms with van der Waals surface area (Å²) in [5.41, 5.74) is 1.40. The molecule has 2 aromatic heterocycles. The Labute approximate surface area is 170 Å². The summed E-state index contributed by atoms with van der Waals surface area (Å²) in [6, 6.07) is 7.64. The number of nitrogens with zero attached hydrogens (tertiary/aromatic N) is 4. The SMILES string of the molecule is COc1ccccc1Oc1nc(NC2CC2)n2ncc(/C=C3\CC(=O)NC3=O)c2n1. The lowest BCUT2D eigenvalue weighted by Crippen LogP contribution is -2.19. The molecule has 30 heavy (non-hydrogen) atoms. The zero-order valence-corrected chi connectivity index (χ0v) is 16.1. The largest absolute Gasteiger partial charge is 0.493 e. The normalized spacial score (nSPS) is 17.4. The minimum atomic E-state index is -0.407. The molecule has 0 bridgehead atoms. The Bertz CT molecular complexity index is 1200. The van der Waals surface area contributed by atoms with Crippen molar-refractivity contribution >= 4 is 29.5 Å². The van der Waals surface area contributed by atoms with Gasteiger partial charge >= 0.3 is 6.01 Å². The van der Waals surface area contributed by atoms with Crippen LogP contribution in [0.5, 0.6) is 17.5 Å². The van der Waals surface area contributed by atoms with Crippen LogP contribution in [0.3, 0.4) is 0 Å². The lowest BCUT2D eigenvalue weighted by Gasteiger charge is -2.11. The highest BCUT2D eigenvalue weighted by molar-refractivity contribution is 6.15. The van der Waals surface area contributed by atoms with Crippen molar-refractivity contribution in [3.8, 4) is 17.5 Å². The molecule has 2 amide bonds. The second kappa shape index (κ2) is 7.14. The van der Waals surface area contributed by atoms with Crippen LogP contribution in [0, 0.1) is 0 Å². The lowest BCUT2D eigenvalue weighted by molar-refractivity contribution is -0.124. The third-order valence-electron chi connectivity index (χ3n) is 4.78. The number of hydrogen-bond acceptors (Lipinski definition) is 8. The van der Waals surface area contributed by atoms with E-state index in [0.717, 1.165) is 12.8 Å². The number of fused-ring (bicyclic) bond motifs is 1. The minimum absolute atomic E-state index is 0.0268. The highest BCUT2D eigenvalue weighted by Crippen LogP contribution is 2.31. The summed E-state index contributed by atoms with van der Waals surface area (Å²) in [5, 5.41) is 9.95. The van der Waals surface area contributed by atoms with Crippen LogP contribution in [0.2, 0.25) is 0 Å². The molecule has 1 aromatic carbocycles. The molecule has 1 aliphatic heterocycles. The Kier molecular flexibility index (Phi) is 4.31. The molecule has 10 heteroatoms. The van der Waals surface area contributed by atoms with Gasteiger partial charge in [0.15, 0.2) is 17.1 Å². The van der Waals surface area contributed by atoms with Gasteiger partial charge in [-0.15, -0.1) is 0 Å². The van der Waals surface area contributed by atoms with Gasteiger partial charge < -0.3 is 14.8 Å². The molecule has 5 rings (SSSR count). The number of aromatic nitrogens is 4. The van der Waals surface area contributed by atoms with E-state index in [-0.39, 0.29) is 18.3 Å². The zero-order chi connectivity index (χ0) is 20.7. The topological polar surface area (TPSA) is 120 Å². The van der Waals surface area contributed by atoms with Crippen LogP contribution in [0.25, 0.3) is 11.7 Å². The number of methoxy groups -OCH3 is 1. The third kappa shape index (κ3) is 3.43. The highest BCUT2D eigenvalue weighted by Gasteiger charge is 2.26. The number of para-hydroxylation sites is 2. The van der Waals surface area contributed by atoms with Crippen LogP contribution in [0.4, 0.5) is 5.95 Å². The molecule has 2 aliphatic rings. The number of ether oxygens (including phenoxy) is 2.